The van der Waals surface area contributed by atoms with Crippen molar-refractivity contribution < 1.29 is 8.42 Å². The second-order valence-corrected chi connectivity index (χ2v) is 9.48. The first kappa shape index (κ1) is 20.5. The standard InChI is InChI=1S/C15H18BrClN6O2S2/c16-12-9-11(10-20-13(12)17)27(24,25)21-6-4-2-1-3-5-18-14-22-26-15-19-7-8-23(14)15/h7-10,21H,1-6H2,(H,18,22). The number of hydrogen-bond donors (Lipinski definition) is 2. The van der Waals surface area contributed by atoms with Crippen molar-refractivity contribution in [1.82, 2.24) is 23.5 Å². The first-order chi connectivity index (χ1) is 13.0. The number of fused-ring (bicyclic) bond motifs is 1. The minimum atomic E-state index is -3.57. The molecular weight excluding hydrogens is 476 g/mol. The van der Waals surface area contributed by atoms with Gasteiger partial charge in [0.1, 0.15) is 10.0 Å². The predicted molar refractivity (Wildman–Crippen MR) is 110 cm³/mol. The maximum atomic E-state index is 12.2. The summed E-state index contributed by atoms with van der Waals surface area (Å²) >= 11 is 10.3. The molecule has 3 heterocycles. The van der Waals surface area contributed by atoms with Gasteiger partial charge in [-0.25, -0.2) is 23.1 Å². The lowest BCUT2D eigenvalue weighted by Gasteiger charge is -2.07. The van der Waals surface area contributed by atoms with Gasteiger partial charge in [0.2, 0.25) is 20.9 Å². The molecule has 0 aliphatic carbocycles. The normalized spacial score (nSPS) is 11.9. The minimum absolute atomic E-state index is 0.0945. The van der Waals surface area contributed by atoms with Crippen LogP contribution in [0.4, 0.5) is 5.95 Å². The average Bonchev–Trinajstić information content (AvgIpc) is 3.24. The van der Waals surface area contributed by atoms with Gasteiger partial charge in [-0.2, -0.15) is 4.37 Å². The molecule has 12 heteroatoms. The summed E-state index contributed by atoms with van der Waals surface area (Å²) in [5, 5.41) is 3.52. The number of anilines is 1. The van der Waals surface area contributed by atoms with Crippen LogP contribution in [0.5, 0.6) is 0 Å². The quantitative estimate of drug-likeness (QED) is 0.331. The summed E-state index contributed by atoms with van der Waals surface area (Å²) in [6.45, 7) is 1.20. The summed E-state index contributed by atoms with van der Waals surface area (Å²) in [6, 6.07) is 1.44. The fraction of sp³-hybridized carbons (Fsp3) is 0.400. The molecular formula is C15H18BrClN6O2S2. The Morgan fingerprint density at radius 3 is 2.74 bits per heavy atom. The number of nitrogens with zero attached hydrogens (tertiary/aromatic N) is 4. The number of imidazole rings is 1. The molecule has 0 radical (unpaired) electrons. The first-order valence-electron chi connectivity index (χ1n) is 8.31. The largest absolute Gasteiger partial charge is 0.355 e. The molecule has 3 aromatic rings. The zero-order valence-electron chi connectivity index (χ0n) is 14.2. The maximum absolute atomic E-state index is 12.2. The van der Waals surface area contributed by atoms with Gasteiger partial charge in [0.15, 0.2) is 0 Å². The van der Waals surface area contributed by atoms with Crippen molar-refractivity contribution in [2.45, 2.75) is 30.6 Å². The lowest BCUT2D eigenvalue weighted by Crippen LogP contribution is -2.25. The highest BCUT2D eigenvalue weighted by Gasteiger charge is 2.15. The molecule has 0 saturated heterocycles. The van der Waals surface area contributed by atoms with Crippen LogP contribution in [0.15, 0.2) is 34.0 Å². The molecule has 0 bridgehead atoms. The third kappa shape index (κ3) is 5.38. The van der Waals surface area contributed by atoms with Crippen LogP contribution < -0.4 is 10.0 Å². The Hall–Kier alpha value is -1.27. The molecule has 0 atom stereocenters. The highest BCUT2D eigenvalue weighted by molar-refractivity contribution is 9.10. The van der Waals surface area contributed by atoms with Crippen LogP contribution in [0.1, 0.15) is 25.7 Å². The molecule has 0 spiro atoms. The number of sulfonamides is 1. The Balaban J connectivity index is 1.32. The van der Waals surface area contributed by atoms with Crippen molar-refractivity contribution in [3.05, 3.63) is 34.3 Å². The molecule has 0 saturated carbocycles. The summed E-state index contributed by atoms with van der Waals surface area (Å²) in [5.41, 5.74) is 0. The summed E-state index contributed by atoms with van der Waals surface area (Å²) in [7, 11) is -3.57. The molecule has 0 amide bonds. The Morgan fingerprint density at radius 1 is 1.19 bits per heavy atom. The van der Waals surface area contributed by atoms with Crippen molar-refractivity contribution in [3.8, 4) is 0 Å². The molecule has 3 aromatic heterocycles. The van der Waals surface area contributed by atoms with Gasteiger partial charge in [0.25, 0.3) is 0 Å². The Kier molecular flexibility index (Phi) is 7.04. The second-order valence-electron chi connectivity index (χ2n) is 5.77. The van der Waals surface area contributed by atoms with Crippen LogP contribution in [0, 0.1) is 0 Å². The smallest absolute Gasteiger partial charge is 0.242 e. The Bertz CT molecular complexity index is 1010. The third-order valence-electron chi connectivity index (χ3n) is 3.81. The molecule has 0 fully saturated rings. The first-order valence-corrected chi connectivity index (χ1v) is 11.7. The van der Waals surface area contributed by atoms with Crippen LogP contribution in [0.2, 0.25) is 5.15 Å². The molecule has 0 aliphatic heterocycles. The van der Waals surface area contributed by atoms with Gasteiger partial charge in [-0.05, 0) is 34.8 Å². The van der Waals surface area contributed by atoms with E-state index in [4.69, 9.17) is 11.6 Å². The number of aromatic nitrogens is 4. The van der Waals surface area contributed by atoms with Gasteiger partial charge in [0.05, 0.1) is 4.47 Å². The van der Waals surface area contributed by atoms with Gasteiger partial charge in [0, 0.05) is 43.2 Å². The molecule has 8 nitrogen and oxygen atoms in total. The van der Waals surface area contributed by atoms with Gasteiger partial charge < -0.3 is 5.32 Å². The van der Waals surface area contributed by atoms with Crippen molar-refractivity contribution >= 4 is 60.0 Å². The number of nitrogens with one attached hydrogen (secondary N) is 2. The van der Waals surface area contributed by atoms with E-state index < -0.39 is 10.0 Å². The SMILES string of the molecule is O=S(=O)(NCCCCCCNc1nsc2nccn12)c1cnc(Cl)c(Br)c1. The van der Waals surface area contributed by atoms with Crippen LogP contribution in [-0.2, 0) is 10.0 Å². The Morgan fingerprint density at radius 2 is 1.96 bits per heavy atom. The Labute approximate surface area is 174 Å². The minimum Gasteiger partial charge on any atom is -0.355 e. The number of hydrogen-bond acceptors (Lipinski definition) is 7. The number of pyridine rings is 1. The molecule has 0 aromatic carbocycles. The van der Waals surface area contributed by atoms with E-state index in [1.54, 1.807) is 6.20 Å². The number of unbranched alkanes of at least 4 members (excludes halogenated alkanes) is 3. The lowest BCUT2D eigenvalue weighted by atomic mass is 10.2. The lowest BCUT2D eigenvalue weighted by molar-refractivity contribution is 0.572. The van der Waals surface area contributed by atoms with E-state index in [-0.39, 0.29) is 10.0 Å². The van der Waals surface area contributed by atoms with Crippen LogP contribution in [0.25, 0.3) is 4.96 Å². The monoisotopic (exact) mass is 492 g/mol. The topological polar surface area (TPSA) is 101 Å². The average molecular weight is 494 g/mol. The molecule has 0 unspecified atom stereocenters. The van der Waals surface area contributed by atoms with Crippen molar-refractivity contribution in [1.29, 1.82) is 0 Å². The van der Waals surface area contributed by atoms with E-state index >= 15 is 0 Å². The van der Waals surface area contributed by atoms with Crippen LogP contribution in [0.3, 0.4) is 0 Å². The fourth-order valence-corrected chi connectivity index (χ4v) is 4.72. The third-order valence-corrected chi connectivity index (χ3v) is 7.10. The molecule has 0 aliphatic rings. The van der Waals surface area contributed by atoms with Crippen LogP contribution >= 0.6 is 39.1 Å². The number of halogens is 2. The fourth-order valence-electron chi connectivity index (χ4n) is 2.41. The van der Waals surface area contributed by atoms with E-state index in [0.29, 0.717) is 11.0 Å². The van der Waals surface area contributed by atoms with Crippen LogP contribution in [-0.4, -0.2) is 40.2 Å². The van der Waals surface area contributed by atoms with Gasteiger partial charge in [-0.15, -0.1) is 0 Å². The maximum Gasteiger partial charge on any atom is 0.242 e. The molecule has 27 heavy (non-hydrogen) atoms. The van der Waals surface area contributed by atoms with E-state index in [0.717, 1.165) is 43.1 Å². The van der Waals surface area contributed by atoms with Crippen molar-refractivity contribution in [3.63, 3.8) is 0 Å². The highest BCUT2D eigenvalue weighted by Crippen LogP contribution is 2.22. The summed E-state index contributed by atoms with van der Waals surface area (Å²) < 4.78 is 33.7. The van der Waals surface area contributed by atoms with E-state index in [1.165, 1.54) is 23.8 Å². The molecule has 3 rings (SSSR count). The predicted octanol–water partition coefficient (Wildman–Crippen LogP) is 3.55. The summed E-state index contributed by atoms with van der Waals surface area (Å²) in [5.74, 6) is 0.808. The van der Waals surface area contributed by atoms with Gasteiger partial charge in [-0.3, -0.25) is 4.40 Å². The van der Waals surface area contributed by atoms with Gasteiger partial charge in [-0.1, -0.05) is 24.4 Å². The second kappa shape index (κ2) is 9.28. The molecule has 2 N–H and O–H groups in total. The zero-order valence-corrected chi connectivity index (χ0v) is 18.2. The summed E-state index contributed by atoms with van der Waals surface area (Å²) in [4.78, 5) is 8.98. The van der Waals surface area contributed by atoms with E-state index in [9.17, 15) is 8.42 Å². The number of rotatable bonds is 10. The van der Waals surface area contributed by atoms with E-state index in [1.807, 2.05) is 10.6 Å². The summed E-state index contributed by atoms with van der Waals surface area (Å²) in [6.07, 6.45) is 8.56. The molecule has 146 valence electrons. The van der Waals surface area contributed by atoms with Gasteiger partial charge >= 0.3 is 0 Å². The van der Waals surface area contributed by atoms with Crippen molar-refractivity contribution in [2.24, 2.45) is 0 Å². The zero-order chi connectivity index (χ0) is 19.3. The van der Waals surface area contributed by atoms with Crippen molar-refractivity contribution in [2.75, 3.05) is 18.4 Å². The van der Waals surface area contributed by atoms with E-state index in [2.05, 4.69) is 40.3 Å². The highest BCUT2D eigenvalue weighted by atomic mass is 79.9.